The second-order valence-electron chi connectivity index (χ2n) is 8.00. The Kier molecular flexibility index (Phi) is 5.40. The second kappa shape index (κ2) is 7.86. The lowest BCUT2D eigenvalue weighted by atomic mass is 10.0. The molecule has 1 fully saturated rings. The molecule has 1 aliphatic heterocycles. The van der Waals surface area contributed by atoms with Crippen LogP contribution >= 0.6 is 15.9 Å². The number of aromatic nitrogens is 4. The summed E-state index contributed by atoms with van der Waals surface area (Å²) in [6.45, 7) is 3.76. The molecule has 1 aliphatic rings. The van der Waals surface area contributed by atoms with E-state index in [2.05, 4.69) is 32.7 Å². The third kappa shape index (κ3) is 3.51. The molecule has 0 radical (unpaired) electrons. The average Bonchev–Trinajstić information content (AvgIpc) is 3.10. The zero-order valence-corrected chi connectivity index (χ0v) is 18.8. The fraction of sp³-hybridized carbons (Fsp3) is 0.429. The Balaban J connectivity index is 1.89. The minimum atomic E-state index is -0.444. The molecule has 1 saturated heterocycles. The first-order chi connectivity index (χ1) is 14.3. The van der Waals surface area contributed by atoms with Crippen molar-refractivity contribution in [1.82, 2.24) is 18.7 Å². The largest absolute Gasteiger partial charge is 0.342 e. The van der Waals surface area contributed by atoms with E-state index in [1.165, 1.54) is 11.6 Å². The lowest BCUT2D eigenvalue weighted by molar-refractivity contribution is 0.0973. The number of hydrogen-bond acceptors (Lipinski definition) is 5. The van der Waals surface area contributed by atoms with Crippen LogP contribution in [0.2, 0.25) is 0 Å². The fourth-order valence-electron chi connectivity index (χ4n) is 4.07. The van der Waals surface area contributed by atoms with Gasteiger partial charge in [-0.1, -0.05) is 35.0 Å². The average molecular weight is 474 g/mol. The van der Waals surface area contributed by atoms with Crippen molar-refractivity contribution in [3.8, 4) is 0 Å². The number of anilines is 1. The number of halogens is 1. The highest BCUT2D eigenvalue weighted by atomic mass is 79.9. The highest BCUT2D eigenvalue weighted by Crippen LogP contribution is 2.25. The number of carbonyl (C=O) groups is 1. The molecule has 9 heteroatoms. The number of Topliss-reactive ketones (excluding diaryl/α,β-unsaturated/α-hetero) is 1. The van der Waals surface area contributed by atoms with Crippen LogP contribution in [0.25, 0.3) is 11.2 Å². The molecule has 3 aromatic rings. The topological polar surface area (TPSA) is 82.1 Å². The molecule has 2 aromatic heterocycles. The van der Waals surface area contributed by atoms with E-state index in [0.29, 0.717) is 23.1 Å². The van der Waals surface area contributed by atoms with Crippen LogP contribution in [0.5, 0.6) is 0 Å². The molecule has 0 bridgehead atoms. The van der Waals surface area contributed by atoms with Gasteiger partial charge in [0.25, 0.3) is 5.56 Å². The van der Waals surface area contributed by atoms with Gasteiger partial charge in [0.1, 0.15) is 0 Å². The van der Waals surface area contributed by atoms with Crippen molar-refractivity contribution in [2.75, 3.05) is 18.0 Å². The SMILES string of the molecule is C[C@@H]1CCCN(c2nc3c(c(=O)n(C)c(=O)n3C)n2CC(=O)c2ccc(Br)cc2)C1. The van der Waals surface area contributed by atoms with Crippen LogP contribution in [-0.2, 0) is 20.6 Å². The molecule has 158 valence electrons. The Morgan fingerprint density at radius 2 is 1.87 bits per heavy atom. The van der Waals surface area contributed by atoms with Gasteiger partial charge in [0.15, 0.2) is 16.9 Å². The van der Waals surface area contributed by atoms with Gasteiger partial charge >= 0.3 is 5.69 Å². The lowest BCUT2D eigenvalue weighted by Gasteiger charge is -2.32. The van der Waals surface area contributed by atoms with Crippen LogP contribution in [0, 0.1) is 5.92 Å². The van der Waals surface area contributed by atoms with Gasteiger partial charge in [0, 0.05) is 37.2 Å². The monoisotopic (exact) mass is 473 g/mol. The highest BCUT2D eigenvalue weighted by molar-refractivity contribution is 9.10. The van der Waals surface area contributed by atoms with Gasteiger partial charge in [-0.3, -0.25) is 23.3 Å². The summed E-state index contributed by atoms with van der Waals surface area (Å²) in [6, 6.07) is 7.13. The number of piperidine rings is 1. The number of imidazole rings is 1. The molecule has 0 saturated carbocycles. The molecule has 1 aromatic carbocycles. The molecule has 0 unspecified atom stereocenters. The van der Waals surface area contributed by atoms with Crippen LogP contribution in [0.4, 0.5) is 5.95 Å². The van der Waals surface area contributed by atoms with Gasteiger partial charge in [-0.25, -0.2) is 4.79 Å². The molecular formula is C21H24BrN5O3. The van der Waals surface area contributed by atoms with E-state index in [4.69, 9.17) is 0 Å². The van der Waals surface area contributed by atoms with Crippen molar-refractivity contribution in [2.45, 2.75) is 26.3 Å². The van der Waals surface area contributed by atoms with Crippen LogP contribution in [0.1, 0.15) is 30.1 Å². The van der Waals surface area contributed by atoms with Crippen LogP contribution in [-0.4, -0.2) is 37.6 Å². The van der Waals surface area contributed by atoms with Crippen LogP contribution in [0.15, 0.2) is 38.3 Å². The number of aryl methyl sites for hydroxylation is 1. The summed E-state index contributed by atoms with van der Waals surface area (Å²) >= 11 is 3.38. The Morgan fingerprint density at radius 1 is 1.17 bits per heavy atom. The number of hydrogen-bond donors (Lipinski definition) is 0. The summed E-state index contributed by atoms with van der Waals surface area (Å²) < 4.78 is 5.00. The Hall–Kier alpha value is -2.68. The molecule has 0 N–H and O–H groups in total. The first kappa shape index (κ1) is 20.6. The third-order valence-electron chi connectivity index (χ3n) is 5.74. The first-order valence-electron chi connectivity index (χ1n) is 9.98. The first-order valence-corrected chi connectivity index (χ1v) is 10.8. The standard InChI is InChI=1S/C21H24BrN5O3/c1-13-5-4-10-26(11-13)20-23-18-17(19(29)25(3)21(30)24(18)2)27(20)12-16(28)14-6-8-15(22)9-7-14/h6-9,13H,4-5,10-12H2,1-3H3/t13-/m1/s1. The predicted octanol–water partition coefficient (Wildman–Crippen LogP) is 2.32. The van der Waals surface area contributed by atoms with Crippen molar-refractivity contribution >= 4 is 38.8 Å². The van der Waals surface area contributed by atoms with Crippen molar-refractivity contribution in [3.05, 3.63) is 55.1 Å². The maximum absolute atomic E-state index is 13.1. The van der Waals surface area contributed by atoms with Crippen LogP contribution in [0.3, 0.4) is 0 Å². The van der Waals surface area contributed by atoms with E-state index in [1.54, 1.807) is 23.7 Å². The Labute approximate surface area is 181 Å². The molecule has 30 heavy (non-hydrogen) atoms. The maximum atomic E-state index is 13.1. The van der Waals surface area contributed by atoms with Gasteiger partial charge in [-0.2, -0.15) is 4.98 Å². The lowest BCUT2D eigenvalue weighted by Crippen LogP contribution is -2.38. The van der Waals surface area contributed by atoms with E-state index in [1.807, 2.05) is 12.1 Å². The predicted molar refractivity (Wildman–Crippen MR) is 119 cm³/mol. The maximum Gasteiger partial charge on any atom is 0.332 e. The molecule has 0 amide bonds. The Morgan fingerprint density at radius 3 is 2.53 bits per heavy atom. The normalized spacial score (nSPS) is 16.9. The van der Waals surface area contributed by atoms with E-state index in [0.717, 1.165) is 35.0 Å². The molecule has 8 nitrogen and oxygen atoms in total. The van der Waals surface area contributed by atoms with E-state index in [-0.39, 0.29) is 17.8 Å². The Bertz CT molecular complexity index is 1240. The molecule has 0 aliphatic carbocycles. The van der Waals surface area contributed by atoms with Gasteiger partial charge < -0.3 is 4.90 Å². The van der Waals surface area contributed by atoms with E-state index < -0.39 is 11.2 Å². The van der Waals surface area contributed by atoms with E-state index in [9.17, 15) is 14.4 Å². The van der Waals surface area contributed by atoms with Crippen molar-refractivity contribution in [3.63, 3.8) is 0 Å². The number of ketones is 1. The third-order valence-corrected chi connectivity index (χ3v) is 6.26. The minimum Gasteiger partial charge on any atom is -0.342 e. The molecule has 3 heterocycles. The van der Waals surface area contributed by atoms with E-state index >= 15 is 0 Å². The minimum absolute atomic E-state index is 0.0220. The smallest absolute Gasteiger partial charge is 0.332 e. The highest BCUT2D eigenvalue weighted by Gasteiger charge is 2.26. The summed E-state index contributed by atoms with van der Waals surface area (Å²) in [4.78, 5) is 45.3. The zero-order chi connectivity index (χ0) is 21.6. The fourth-order valence-corrected chi connectivity index (χ4v) is 4.33. The van der Waals surface area contributed by atoms with Gasteiger partial charge in [-0.05, 0) is 30.9 Å². The quantitative estimate of drug-likeness (QED) is 0.543. The van der Waals surface area contributed by atoms with Gasteiger partial charge in [0.05, 0.1) is 6.54 Å². The number of rotatable bonds is 4. The van der Waals surface area contributed by atoms with Crippen molar-refractivity contribution in [1.29, 1.82) is 0 Å². The molecular weight excluding hydrogens is 450 g/mol. The summed E-state index contributed by atoms with van der Waals surface area (Å²) in [7, 11) is 3.04. The van der Waals surface area contributed by atoms with Crippen molar-refractivity contribution < 1.29 is 4.79 Å². The van der Waals surface area contributed by atoms with Gasteiger partial charge in [0.2, 0.25) is 5.95 Å². The number of benzene rings is 1. The number of fused-ring (bicyclic) bond motifs is 1. The van der Waals surface area contributed by atoms with Gasteiger partial charge in [-0.15, -0.1) is 0 Å². The number of carbonyl (C=O) groups excluding carboxylic acids is 1. The molecule has 0 spiro atoms. The summed E-state index contributed by atoms with van der Waals surface area (Å²) in [5.41, 5.74) is 0.258. The molecule has 1 atom stereocenters. The second-order valence-corrected chi connectivity index (χ2v) is 8.92. The summed E-state index contributed by atoms with van der Waals surface area (Å²) in [5, 5.41) is 0. The molecule has 4 rings (SSSR count). The summed E-state index contributed by atoms with van der Waals surface area (Å²) in [6.07, 6.45) is 2.15. The van der Waals surface area contributed by atoms with Crippen molar-refractivity contribution in [2.24, 2.45) is 20.0 Å². The summed E-state index contributed by atoms with van der Waals surface area (Å²) in [5.74, 6) is 0.935. The number of nitrogens with zero attached hydrogens (tertiary/aromatic N) is 5. The van der Waals surface area contributed by atoms with Crippen LogP contribution < -0.4 is 16.1 Å². The zero-order valence-electron chi connectivity index (χ0n) is 17.3.